The number of anilines is 1. The fraction of sp³-hybridized carbons (Fsp3) is 0.391. The lowest BCUT2D eigenvalue weighted by Gasteiger charge is -2.23. The van der Waals surface area contributed by atoms with Gasteiger partial charge >= 0.3 is 0 Å². The Hall–Kier alpha value is -2.66. The van der Waals surface area contributed by atoms with E-state index in [1.807, 2.05) is 0 Å². The van der Waals surface area contributed by atoms with Crippen LogP contribution in [0.2, 0.25) is 0 Å². The summed E-state index contributed by atoms with van der Waals surface area (Å²) in [5.74, 6) is 0.188. The lowest BCUT2D eigenvalue weighted by molar-refractivity contribution is -0.115. The zero-order valence-corrected chi connectivity index (χ0v) is 17.5. The number of hydrogen-bond acceptors (Lipinski definition) is 3. The van der Waals surface area contributed by atoms with Gasteiger partial charge in [0.15, 0.2) is 0 Å². The number of nitrogens with zero attached hydrogens (tertiary/aromatic N) is 1. The first-order valence-corrected chi connectivity index (χ1v) is 9.75. The summed E-state index contributed by atoms with van der Waals surface area (Å²) in [5.41, 5.74) is 3.76. The molecule has 0 saturated heterocycles. The van der Waals surface area contributed by atoms with Gasteiger partial charge in [0.25, 0.3) is 5.91 Å². The van der Waals surface area contributed by atoms with Crippen LogP contribution in [-0.4, -0.2) is 37.4 Å². The highest BCUT2D eigenvalue weighted by Gasteiger charge is 2.17. The molecule has 0 saturated carbocycles. The number of benzene rings is 2. The van der Waals surface area contributed by atoms with E-state index in [-0.39, 0.29) is 24.4 Å². The maximum Gasteiger partial charge on any atom is 0.253 e. The molecular formula is C23H31N3O2. The molecule has 0 aromatic heterocycles. The summed E-state index contributed by atoms with van der Waals surface area (Å²) < 4.78 is 0. The first-order valence-electron chi connectivity index (χ1n) is 9.75. The number of carbonyl (C=O) groups is 2. The summed E-state index contributed by atoms with van der Waals surface area (Å²) in [5, 5.41) is 6.24. The standard InChI is InChI=1S/C23H31N3O2/c1-6-17-7-9-18(10-8-17)22(16(2)3)24-15-21(27)25-20-13-11-19(12-14-20)23(28)26(4)5/h7-14,16,22,24H,6,15H2,1-5H3,(H,25,27)/t22-/m0/s1. The molecule has 150 valence electrons. The molecule has 0 radical (unpaired) electrons. The topological polar surface area (TPSA) is 61.4 Å². The second-order valence-electron chi connectivity index (χ2n) is 7.52. The van der Waals surface area contributed by atoms with Crippen LogP contribution in [0, 0.1) is 5.92 Å². The molecule has 2 amide bonds. The van der Waals surface area contributed by atoms with Crippen LogP contribution in [0.3, 0.4) is 0 Å². The van der Waals surface area contributed by atoms with Crippen molar-refractivity contribution in [3.63, 3.8) is 0 Å². The number of rotatable bonds is 8. The van der Waals surface area contributed by atoms with Crippen molar-refractivity contribution in [1.82, 2.24) is 10.2 Å². The minimum Gasteiger partial charge on any atom is -0.345 e. The predicted molar refractivity (Wildman–Crippen MR) is 114 cm³/mol. The quantitative estimate of drug-likeness (QED) is 0.730. The number of hydrogen-bond donors (Lipinski definition) is 2. The van der Waals surface area contributed by atoms with E-state index in [1.165, 1.54) is 16.0 Å². The Morgan fingerprint density at radius 3 is 2.07 bits per heavy atom. The summed E-state index contributed by atoms with van der Waals surface area (Å²) in [7, 11) is 3.43. The van der Waals surface area contributed by atoms with Gasteiger partial charge in [-0.05, 0) is 47.7 Å². The zero-order valence-electron chi connectivity index (χ0n) is 17.5. The normalized spacial score (nSPS) is 11.9. The first-order chi connectivity index (χ1) is 13.3. The number of nitrogens with one attached hydrogen (secondary N) is 2. The highest BCUT2D eigenvalue weighted by molar-refractivity contribution is 5.96. The molecule has 1 atom stereocenters. The second kappa shape index (κ2) is 10.0. The van der Waals surface area contributed by atoms with E-state index in [9.17, 15) is 9.59 Å². The maximum atomic E-state index is 12.3. The van der Waals surface area contributed by atoms with Crippen LogP contribution >= 0.6 is 0 Å². The number of amides is 2. The Morgan fingerprint density at radius 2 is 1.57 bits per heavy atom. The molecule has 0 aliphatic rings. The Balaban J connectivity index is 1.94. The van der Waals surface area contributed by atoms with Crippen LogP contribution < -0.4 is 10.6 Å². The van der Waals surface area contributed by atoms with Crippen molar-refractivity contribution in [2.45, 2.75) is 33.2 Å². The van der Waals surface area contributed by atoms with E-state index in [0.717, 1.165) is 6.42 Å². The lowest BCUT2D eigenvalue weighted by atomic mass is 9.95. The molecule has 0 fully saturated rings. The fourth-order valence-corrected chi connectivity index (χ4v) is 3.06. The van der Waals surface area contributed by atoms with Crippen molar-refractivity contribution in [3.8, 4) is 0 Å². The molecule has 0 unspecified atom stereocenters. The monoisotopic (exact) mass is 381 g/mol. The van der Waals surface area contributed by atoms with Gasteiger partial charge in [0.2, 0.25) is 5.91 Å². The Morgan fingerprint density at radius 1 is 0.964 bits per heavy atom. The maximum absolute atomic E-state index is 12.3. The van der Waals surface area contributed by atoms with Gasteiger partial charge in [-0.2, -0.15) is 0 Å². The Kier molecular flexibility index (Phi) is 7.76. The fourth-order valence-electron chi connectivity index (χ4n) is 3.06. The molecule has 0 aliphatic carbocycles. The second-order valence-corrected chi connectivity index (χ2v) is 7.52. The van der Waals surface area contributed by atoms with Gasteiger partial charge in [-0.25, -0.2) is 0 Å². The largest absolute Gasteiger partial charge is 0.345 e. The third kappa shape index (κ3) is 5.92. The van der Waals surface area contributed by atoms with E-state index in [0.29, 0.717) is 17.2 Å². The third-order valence-corrected chi connectivity index (χ3v) is 4.72. The highest BCUT2D eigenvalue weighted by atomic mass is 16.2. The van der Waals surface area contributed by atoms with E-state index >= 15 is 0 Å². The van der Waals surface area contributed by atoms with Crippen molar-refractivity contribution in [2.75, 3.05) is 26.0 Å². The summed E-state index contributed by atoms with van der Waals surface area (Å²) in [6, 6.07) is 15.6. The first kappa shape index (κ1) is 21.6. The van der Waals surface area contributed by atoms with Crippen molar-refractivity contribution < 1.29 is 9.59 Å². The minimum atomic E-state index is -0.109. The highest BCUT2D eigenvalue weighted by Crippen LogP contribution is 2.22. The molecule has 2 aromatic rings. The van der Waals surface area contributed by atoms with E-state index in [4.69, 9.17) is 0 Å². The van der Waals surface area contributed by atoms with Gasteiger partial charge in [0.05, 0.1) is 6.54 Å². The van der Waals surface area contributed by atoms with Gasteiger partial charge in [0, 0.05) is 31.4 Å². The van der Waals surface area contributed by atoms with E-state index < -0.39 is 0 Å². The Labute approximate surface area is 168 Å². The van der Waals surface area contributed by atoms with Crippen molar-refractivity contribution >= 4 is 17.5 Å². The van der Waals surface area contributed by atoms with Crippen LogP contribution in [0.5, 0.6) is 0 Å². The van der Waals surface area contributed by atoms with Crippen LogP contribution in [0.25, 0.3) is 0 Å². The van der Waals surface area contributed by atoms with Gasteiger partial charge in [-0.3, -0.25) is 9.59 Å². The number of aryl methyl sites for hydroxylation is 1. The van der Waals surface area contributed by atoms with Crippen LogP contribution in [0.15, 0.2) is 48.5 Å². The van der Waals surface area contributed by atoms with Crippen LogP contribution in [0.1, 0.15) is 48.3 Å². The average molecular weight is 382 g/mol. The van der Waals surface area contributed by atoms with Gasteiger partial charge in [-0.1, -0.05) is 45.0 Å². The van der Waals surface area contributed by atoms with Gasteiger partial charge in [0.1, 0.15) is 0 Å². The van der Waals surface area contributed by atoms with E-state index in [2.05, 4.69) is 55.7 Å². The molecule has 2 N–H and O–H groups in total. The van der Waals surface area contributed by atoms with E-state index in [1.54, 1.807) is 38.4 Å². The molecule has 0 aliphatic heterocycles. The Bertz CT molecular complexity index is 780. The van der Waals surface area contributed by atoms with Crippen molar-refractivity contribution in [2.24, 2.45) is 5.92 Å². The predicted octanol–water partition coefficient (Wildman–Crippen LogP) is 3.88. The average Bonchev–Trinajstić information content (AvgIpc) is 2.68. The summed E-state index contributed by atoms with van der Waals surface area (Å²) in [4.78, 5) is 25.8. The van der Waals surface area contributed by atoms with Gasteiger partial charge < -0.3 is 15.5 Å². The zero-order chi connectivity index (χ0) is 20.7. The summed E-state index contributed by atoms with van der Waals surface area (Å²) in [6.07, 6.45) is 1.02. The molecule has 0 heterocycles. The molecule has 2 aromatic carbocycles. The molecule has 28 heavy (non-hydrogen) atoms. The summed E-state index contributed by atoms with van der Waals surface area (Å²) in [6.45, 7) is 6.64. The third-order valence-electron chi connectivity index (χ3n) is 4.72. The molecule has 2 rings (SSSR count). The van der Waals surface area contributed by atoms with Crippen molar-refractivity contribution in [3.05, 3.63) is 65.2 Å². The number of carbonyl (C=O) groups excluding carboxylic acids is 2. The lowest BCUT2D eigenvalue weighted by Crippen LogP contribution is -2.33. The summed E-state index contributed by atoms with van der Waals surface area (Å²) >= 11 is 0. The SMILES string of the molecule is CCc1ccc([C@@H](NCC(=O)Nc2ccc(C(=O)N(C)C)cc2)C(C)C)cc1. The van der Waals surface area contributed by atoms with Crippen LogP contribution in [0.4, 0.5) is 5.69 Å². The van der Waals surface area contributed by atoms with Crippen molar-refractivity contribution in [1.29, 1.82) is 0 Å². The molecular weight excluding hydrogens is 350 g/mol. The van der Waals surface area contributed by atoms with Gasteiger partial charge in [-0.15, -0.1) is 0 Å². The molecule has 5 heteroatoms. The molecule has 0 spiro atoms. The molecule has 5 nitrogen and oxygen atoms in total. The smallest absolute Gasteiger partial charge is 0.253 e. The molecule has 0 bridgehead atoms. The minimum absolute atomic E-state index is 0.0617. The van der Waals surface area contributed by atoms with Crippen LogP contribution in [-0.2, 0) is 11.2 Å².